The van der Waals surface area contributed by atoms with Crippen LogP contribution in [0.25, 0.3) is 0 Å². The van der Waals surface area contributed by atoms with Crippen molar-refractivity contribution in [2.75, 3.05) is 5.32 Å². The van der Waals surface area contributed by atoms with Gasteiger partial charge >= 0.3 is 0 Å². The first kappa shape index (κ1) is 11.0. The molecule has 1 aromatic rings. The van der Waals surface area contributed by atoms with Crippen molar-refractivity contribution < 1.29 is 0 Å². The van der Waals surface area contributed by atoms with E-state index >= 15 is 0 Å². The molecule has 1 aromatic heterocycles. The van der Waals surface area contributed by atoms with Crippen LogP contribution in [0.3, 0.4) is 0 Å². The summed E-state index contributed by atoms with van der Waals surface area (Å²) in [6.45, 7) is 4.01. The fourth-order valence-corrected chi connectivity index (χ4v) is 3.00. The number of hydrogen-bond acceptors (Lipinski definition) is 4. The third kappa shape index (κ3) is 2.27. The summed E-state index contributed by atoms with van der Waals surface area (Å²) in [6, 6.07) is 1.99. The van der Waals surface area contributed by atoms with Crippen molar-refractivity contribution in [2.24, 2.45) is 0 Å². The van der Waals surface area contributed by atoms with Crippen molar-refractivity contribution in [2.45, 2.75) is 57.7 Å². The van der Waals surface area contributed by atoms with Gasteiger partial charge in [-0.1, -0.05) is 0 Å². The summed E-state index contributed by atoms with van der Waals surface area (Å²) < 4.78 is 0. The average molecular weight is 232 g/mol. The van der Waals surface area contributed by atoms with E-state index in [2.05, 4.69) is 20.6 Å². The lowest BCUT2D eigenvalue weighted by molar-refractivity contribution is 0.377. The molecule has 0 amide bonds. The second-order valence-corrected chi connectivity index (χ2v) is 5.38. The second-order valence-electron chi connectivity index (χ2n) is 5.38. The van der Waals surface area contributed by atoms with E-state index in [4.69, 9.17) is 0 Å². The molecule has 2 bridgehead atoms. The molecule has 2 atom stereocenters. The van der Waals surface area contributed by atoms with E-state index < -0.39 is 0 Å². The van der Waals surface area contributed by atoms with Gasteiger partial charge in [-0.25, -0.2) is 4.98 Å². The predicted molar refractivity (Wildman–Crippen MR) is 68.1 cm³/mol. The Morgan fingerprint density at radius 1 is 1.18 bits per heavy atom. The number of nitrogens with one attached hydrogen (secondary N) is 2. The Balaban J connectivity index is 1.68. The summed E-state index contributed by atoms with van der Waals surface area (Å²) in [5.74, 6) is 0.930. The van der Waals surface area contributed by atoms with Crippen molar-refractivity contribution in [1.82, 2.24) is 15.3 Å². The fourth-order valence-electron chi connectivity index (χ4n) is 3.00. The van der Waals surface area contributed by atoms with Crippen LogP contribution >= 0.6 is 0 Å². The molecule has 2 aliphatic rings. The molecule has 4 nitrogen and oxygen atoms in total. The topological polar surface area (TPSA) is 49.8 Å². The number of hydrogen-bond donors (Lipinski definition) is 2. The van der Waals surface area contributed by atoms with Crippen molar-refractivity contribution >= 4 is 5.82 Å². The van der Waals surface area contributed by atoms with E-state index in [1.165, 1.54) is 25.7 Å². The van der Waals surface area contributed by atoms with E-state index in [1.807, 2.05) is 20.0 Å². The minimum atomic E-state index is 0.560. The number of aryl methyl sites for hydroxylation is 2. The first-order valence-electron chi connectivity index (χ1n) is 6.53. The lowest BCUT2D eigenvalue weighted by atomic mass is 10.00. The van der Waals surface area contributed by atoms with Gasteiger partial charge in [-0.3, -0.25) is 4.98 Å². The van der Waals surface area contributed by atoms with Gasteiger partial charge in [-0.15, -0.1) is 0 Å². The van der Waals surface area contributed by atoms with Crippen LogP contribution in [0, 0.1) is 13.8 Å². The zero-order valence-corrected chi connectivity index (χ0v) is 10.5. The first-order valence-corrected chi connectivity index (χ1v) is 6.53. The number of nitrogens with zero attached hydrogens (tertiary/aromatic N) is 2. The summed E-state index contributed by atoms with van der Waals surface area (Å²) in [6.07, 6.45) is 6.95. The molecule has 0 radical (unpaired) electrons. The van der Waals surface area contributed by atoms with Crippen LogP contribution in [0.1, 0.15) is 37.1 Å². The van der Waals surface area contributed by atoms with Crippen molar-refractivity contribution in [3.8, 4) is 0 Å². The summed E-state index contributed by atoms with van der Waals surface area (Å²) in [4.78, 5) is 8.90. The molecule has 3 heterocycles. The molecule has 17 heavy (non-hydrogen) atoms. The molecule has 2 fully saturated rings. The molecule has 0 aromatic carbocycles. The molecule has 0 spiro atoms. The fraction of sp³-hybridized carbons (Fsp3) is 0.692. The van der Waals surface area contributed by atoms with Gasteiger partial charge in [0.25, 0.3) is 0 Å². The van der Waals surface area contributed by atoms with Crippen LogP contribution < -0.4 is 10.6 Å². The molecular formula is C13H20N4. The lowest BCUT2D eigenvalue weighted by Gasteiger charge is -2.30. The highest BCUT2D eigenvalue weighted by molar-refractivity contribution is 5.35. The molecule has 2 aliphatic heterocycles. The SMILES string of the molecule is Cc1ncc(NC2CC3CCC(C2)N3)nc1C. The minimum Gasteiger partial charge on any atom is -0.366 e. The maximum absolute atomic E-state index is 4.54. The summed E-state index contributed by atoms with van der Waals surface area (Å²) in [5.41, 5.74) is 2.04. The standard InChI is InChI=1S/C13H20N4/c1-8-9(2)15-13(7-14-8)17-12-5-10-3-4-11(6-12)16-10/h7,10-12,16H,3-6H2,1-2H3,(H,15,17). The van der Waals surface area contributed by atoms with Gasteiger partial charge < -0.3 is 10.6 Å². The van der Waals surface area contributed by atoms with Crippen LogP contribution in [0.15, 0.2) is 6.20 Å². The van der Waals surface area contributed by atoms with Gasteiger partial charge in [0.1, 0.15) is 5.82 Å². The van der Waals surface area contributed by atoms with E-state index in [-0.39, 0.29) is 0 Å². The molecular weight excluding hydrogens is 212 g/mol. The average Bonchev–Trinajstić information content (AvgIpc) is 2.64. The number of piperidine rings is 1. The van der Waals surface area contributed by atoms with Gasteiger partial charge in [-0.05, 0) is 39.5 Å². The molecule has 2 unspecified atom stereocenters. The highest BCUT2D eigenvalue weighted by Gasteiger charge is 2.33. The highest BCUT2D eigenvalue weighted by atomic mass is 15.1. The van der Waals surface area contributed by atoms with Gasteiger partial charge in [0.05, 0.1) is 17.6 Å². The minimum absolute atomic E-state index is 0.560. The van der Waals surface area contributed by atoms with Gasteiger partial charge in [0.2, 0.25) is 0 Å². The Kier molecular flexibility index (Phi) is 2.74. The third-order valence-corrected chi connectivity index (χ3v) is 4.02. The van der Waals surface area contributed by atoms with Crippen LogP contribution in [-0.4, -0.2) is 28.1 Å². The molecule has 2 N–H and O–H groups in total. The van der Waals surface area contributed by atoms with Crippen molar-refractivity contribution in [1.29, 1.82) is 0 Å². The Bertz CT molecular complexity index is 406. The van der Waals surface area contributed by atoms with Crippen molar-refractivity contribution in [3.05, 3.63) is 17.6 Å². The van der Waals surface area contributed by atoms with Crippen LogP contribution in [0.5, 0.6) is 0 Å². The second kappa shape index (κ2) is 4.26. The molecule has 2 saturated heterocycles. The molecule has 0 saturated carbocycles. The maximum Gasteiger partial charge on any atom is 0.145 e. The number of rotatable bonds is 2. The Morgan fingerprint density at radius 3 is 2.53 bits per heavy atom. The lowest BCUT2D eigenvalue weighted by Crippen LogP contribution is -2.43. The Hall–Kier alpha value is -1.16. The highest BCUT2D eigenvalue weighted by Crippen LogP contribution is 2.28. The van der Waals surface area contributed by atoms with E-state index in [1.54, 1.807) is 0 Å². The third-order valence-electron chi connectivity index (χ3n) is 4.02. The van der Waals surface area contributed by atoms with E-state index in [9.17, 15) is 0 Å². The first-order chi connectivity index (χ1) is 8.20. The number of fused-ring (bicyclic) bond motifs is 2. The van der Waals surface area contributed by atoms with Gasteiger partial charge in [-0.2, -0.15) is 0 Å². The Morgan fingerprint density at radius 2 is 1.88 bits per heavy atom. The van der Waals surface area contributed by atoms with Gasteiger partial charge in [0, 0.05) is 18.1 Å². The molecule has 3 rings (SSSR count). The molecule has 4 heteroatoms. The molecule has 92 valence electrons. The van der Waals surface area contributed by atoms with Gasteiger partial charge in [0.15, 0.2) is 0 Å². The monoisotopic (exact) mass is 232 g/mol. The van der Waals surface area contributed by atoms with Crippen LogP contribution in [-0.2, 0) is 0 Å². The van der Waals surface area contributed by atoms with E-state index in [0.717, 1.165) is 17.2 Å². The van der Waals surface area contributed by atoms with Crippen LogP contribution in [0.2, 0.25) is 0 Å². The normalized spacial score (nSPS) is 31.5. The quantitative estimate of drug-likeness (QED) is 0.816. The zero-order chi connectivity index (χ0) is 11.8. The number of anilines is 1. The smallest absolute Gasteiger partial charge is 0.145 e. The summed E-state index contributed by atoms with van der Waals surface area (Å²) in [7, 11) is 0. The summed E-state index contributed by atoms with van der Waals surface area (Å²) in [5, 5.41) is 7.19. The van der Waals surface area contributed by atoms with E-state index in [0.29, 0.717) is 18.1 Å². The Labute approximate surface area is 102 Å². The zero-order valence-electron chi connectivity index (χ0n) is 10.5. The van der Waals surface area contributed by atoms with Crippen molar-refractivity contribution in [3.63, 3.8) is 0 Å². The molecule has 0 aliphatic carbocycles. The predicted octanol–water partition coefficient (Wildman–Crippen LogP) is 1.79. The largest absolute Gasteiger partial charge is 0.366 e. The summed E-state index contributed by atoms with van der Waals surface area (Å²) >= 11 is 0. The van der Waals surface area contributed by atoms with Crippen LogP contribution in [0.4, 0.5) is 5.82 Å². The maximum atomic E-state index is 4.54. The number of aromatic nitrogens is 2.